The second-order valence-corrected chi connectivity index (χ2v) is 9.01. The maximum atomic E-state index is 13.7. The van der Waals surface area contributed by atoms with Gasteiger partial charge in [-0.3, -0.25) is 9.59 Å². The molecular formula is C28H34N2O7. The molecule has 0 aliphatic carbocycles. The van der Waals surface area contributed by atoms with Crippen molar-refractivity contribution < 1.29 is 38.5 Å². The SMILES string of the molecule is CCOc1ccc(C2/C(=C(\[O-])c3ccc(OC)c(OC)c3)C(=O)C(=O)N2CCC[NH+]2CCOCC2)cc1. The summed E-state index contributed by atoms with van der Waals surface area (Å²) >= 11 is 0. The number of quaternary nitrogens is 1. The third kappa shape index (κ3) is 5.73. The molecule has 0 spiro atoms. The fraction of sp³-hybridized carbons (Fsp3) is 0.429. The normalized spacial score (nSPS) is 19.8. The average molecular weight is 511 g/mol. The molecule has 0 bridgehead atoms. The van der Waals surface area contributed by atoms with Crippen LogP contribution in [-0.4, -0.2) is 76.8 Å². The van der Waals surface area contributed by atoms with E-state index in [0.29, 0.717) is 42.4 Å². The first-order valence-corrected chi connectivity index (χ1v) is 12.6. The number of ether oxygens (including phenoxy) is 4. The van der Waals surface area contributed by atoms with E-state index < -0.39 is 23.5 Å². The molecular weight excluding hydrogens is 476 g/mol. The molecule has 0 radical (unpaired) electrons. The quantitative estimate of drug-likeness (QED) is 0.284. The number of carbonyl (C=O) groups excluding carboxylic acids is 2. The van der Waals surface area contributed by atoms with Gasteiger partial charge in [-0.15, -0.1) is 0 Å². The summed E-state index contributed by atoms with van der Waals surface area (Å²) in [5, 5.41) is 13.7. The number of rotatable bonds is 10. The van der Waals surface area contributed by atoms with Crippen LogP contribution in [0.4, 0.5) is 0 Å². The van der Waals surface area contributed by atoms with Gasteiger partial charge < -0.3 is 33.9 Å². The van der Waals surface area contributed by atoms with Crippen molar-refractivity contribution >= 4 is 17.4 Å². The Hall–Kier alpha value is -3.56. The Morgan fingerprint density at radius 3 is 2.41 bits per heavy atom. The molecule has 2 aliphatic heterocycles. The van der Waals surface area contributed by atoms with Gasteiger partial charge >= 0.3 is 0 Å². The topological polar surface area (TPSA) is 102 Å². The number of nitrogens with one attached hydrogen (secondary N) is 1. The summed E-state index contributed by atoms with van der Waals surface area (Å²) in [5.74, 6) is -0.407. The van der Waals surface area contributed by atoms with Gasteiger partial charge in [-0.2, -0.15) is 0 Å². The van der Waals surface area contributed by atoms with Gasteiger partial charge in [-0.05, 0) is 42.3 Å². The lowest BCUT2D eigenvalue weighted by Crippen LogP contribution is -3.14. The number of likely N-dealkylation sites (tertiary alicyclic amines) is 1. The van der Waals surface area contributed by atoms with Crippen LogP contribution in [0.25, 0.3) is 5.76 Å². The van der Waals surface area contributed by atoms with Crippen molar-refractivity contribution in [1.29, 1.82) is 0 Å². The number of morpholine rings is 1. The number of methoxy groups -OCH3 is 2. The van der Waals surface area contributed by atoms with Crippen molar-refractivity contribution in [3.63, 3.8) is 0 Å². The summed E-state index contributed by atoms with van der Waals surface area (Å²) < 4.78 is 21.6. The monoisotopic (exact) mass is 510 g/mol. The minimum Gasteiger partial charge on any atom is -0.872 e. The maximum absolute atomic E-state index is 13.7. The van der Waals surface area contributed by atoms with Gasteiger partial charge in [0, 0.05) is 18.5 Å². The summed E-state index contributed by atoms with van der Waals surface area (Å²) in [6.45, 7) is 6.94. The lowest BCUT2D eigenvalue weighted by Gasteiger charge is -2.29. The predicted molar refractivity (Wildman–Crippen MR) is 135 cm³/mol. The zero-order chi connectivity index (χ0) is 26.4. The molecule has 2 aliphatic rings. The molecule has 9 nitrogen and oxygen atoms in total. The minimum absolute atomic E-state index is 0.0555. The lowest BCUT2D eigenvalue weighted by molar-refractivity contribution is -0.908. The van der Waals surface area contributed by atoms with E-state index in [2.05, 4.69) is 0 Å². The highest BCUT2D eigenvalue weighted by atomic mass is 16.5. The van der Waals surface area contributed by atoms with E-state index in [9.17, 15) is 14.7 Å². The Labute approximate surface area is 217 Å². The molecule has 1 unspecified atom stereocenters. The number of benzene rings is 2. The van der Waals surface area contributed by atoms with Gasteiger partial charge in [0.05, 0.1) is 46.6 Å². The van der Waals surface area contributed by atoms with Gasteiger partial charge in [0.25, 0.3) is 5.91 Å². The van der Waals surface area contributed by atoms with Gasteiger partial charge in [0.1, 0.15) is 18.8 Å². The van der Waals surface area contributed by atoms with E-state index in [-0.39, 0.29) is 11.1 Å². The first kappa shape index (κ1) is 26.5. The second-order valence-electron chi connectivity index (χ2n) is 9.01. The number of amides is 1. The van der Waals surface area contributed by atoms with Gasteiger partial charge in [-0.1, -0.05) is 24.0 Å². The number of nitrogens with zero attached hydrogens (tertiary/aromatic N) is 1. The number of carbonyl (C=O) groups is 2. The molecule has 198 valence electrons. The molecule has 4 rings (SSSR count). The van der Waals surface area contributed by atoms with Crippen LogP contribution in [0.5, 0.6) is 17.2 Å². The van der Waals surface area contributed by atoms with Crippen LogP contribution >= 0.6 is 0 Å². The predicted octanol–water partition coefficient (Wildman–Crippen LogP) is 0.632. The molecule has 1 atom stereocenters. The van der Waals surface area contributed by atoms with Gasteiger partial charge in [0.15, 0.2) is 11.5 Å². The molecule has 2 fully saturated rings. The molecule has 9 heteroatoms. The smallest absolute Gasteiger partial charge is 0.295 e. The Morgan fingerprint density at radius 1 is 1.05 bits per heavy atom. The first-order valence-electron chi connectivity index (χ1n) is 12.6. The van der Waals surface area contributed by atoms with Crippen LogP contribution in [0.15, 0.2) is 48.0 Å². The third-order valence-corrected chi connectivity index (χ3v) is 6.81. The summed E-state index contributed by atoms with van der Waals surface area (Å²) in [6.07, 6.45) is 0.708. The zero-order valence-corrected chi connectivity index (χ0v) is 21.6. The molecule has 0 aromatic heterocycles. The molecule has 1 N–H and O–H groups in total. The van der Waals surface area contributed by atoms with E-state index in [1.165, 1.54) is 30.1 Å². The van der Waals surface area contributed by atoms with Crippen LogP contribution in [-0.2, 0) is 14.3 Å². The van der Waals surface area contributed by atoms with Crippen molar-refractivity contribution in [2.75, 3.05) is 60.2 Å². The largest absolute Gasteiger partial charge is 0.872 e. The molecule has 37 heavy (non-hydrogen) atoms. The van der Waals surface area contributed by atoms with Gasteiger partial charge in [0.2, 0.25) is 5.78 Å². The van der Waals surface area contributed by atoms with E-state index in [0.717, 1.165) is 32.8 Å². The second kappa shape index (κ2) is 12.1. The standard InChI is InChI=1S/C28H34N2O7/c1-4-37-21-9-6-19(7-10-21)25-24(26(31)20-8-11-22(34-2)23(18-20)35-3)27(32)28(33)30(25)13-5-12-29-14-16-36-17-15-29/h6-11,18,25,31H,4-5,12-17H2,1-3H3/b26-24+. The van der Waals surface area contributed by atoms with Crippen LogP contribution in [0.3, 0.4) is 0 Å². The van der Waals surface area contributed by atoms with Crippen LogP contribution in [0.2, 0.25) is 0 Å². The van der Waals surface area contributed by atoms with Crippen molar-refractivity contribution in [1.82, 2.24) is 4.90 Å². The molecule has 2 saturated heterocycles. The molecule has 2 aromatic rings. The molecule has 2 heterocycles. The number of Topliss-reactive ketones (excluding diaryl/α,β-unsaturated/α-hetero) is 1. The maximum Gasteiger partial charge on any atom is 0.295 e. The Balaban J connectivity index is 1.70. The number of hydrogen-bond donors (Lipinski definition) is 1. The average Bonchev–Trinajstić information content (AvgIpc) is 3.18. The highest BCUT2D eigenvalue weighted by Gasteiger charge is 2.44. The summed E-state index contributed by atoms with van der Waals surface area (Å²) in [4.78, 5) is 29.4. The zero-order valence-electron chi connectivity index (χ0n) is 21.6. The Bertz CT molecular complexity index is 1140. The lowest BCUT2D eigenvalue weighted by atomic mass is 9.95. The molecule has 2 aromatic carbocycles. The molecule has 1 amide bonds. The first-order chi connectivity index (χ1) is 18.0. The van der Waals surface area contributed by atoms with Crippen molar-refractivity contribution in [3.05, 3.63) is 59.2 Å². The minimum atomic E-state index is -0.782. The van der Waals surface area contributed by atoms with Crippen LogP contribution in [0.1, 0.15) is 30.5 Å². The van der Waals surface area contributed by atoms with E-state index in [1.807, 2.05) is 19.1 Å². The van der Waals surface area contributed by atoms with Crippen LogP contribution < -0.4 is 24.2 Å². The Kier molecular flexibility index (Phi) is 8.68. The molecule has 0 saturated carbocycles. The van der Waals surface area contributed by atoms with E-state index in [4.69, 9.17) is 18.9 Å². The third-order valence-electron chi connectivity index (χ3n) is 6.81. The summed E-state index contributed by atoms with van der Waals surface area (Å²) in [7, 11) is 2.98. The van der Waals surface area contributed by atoms with E-state index >= 15 is 0 Å². The van der Waals surface area contributed by atoms with Crippen molar-refractivity contribution in [3.8, 4) is 17.2 Å². The Morgan fingerprint density at radius 2 is 1.76 bits per heavy atom. The fourth-order valence-electron chi connectivity index (χ4n) is 4.90. The summed E-state index contributed by atoms with van der Waals surface area (Å²) in [6, 6.07) is 11.1. The van der Waals surface area contributed by atoms with Crippen LogP contribution in [0, 0.1) is 0 Å². The number of hydrogen-bond acceptors (Lipinski definition) is 7. The highest BCUT2D eigenvalue weighted by molar-refractivity contribution is 6.46. The van der Waals surface area contributed by atoms with Crippen molar-refractivity contribution in [2.45, 2.75) is 19.4 Å². The number of ketones is 1. The van der Waals surface area contributed by atoms with Gasteiger partial charge in [-0.25, -0.2) is 0 Å². The van der Waals surface area contributed by atoms with E-state index in [1.54, 1.807) is 24.3 Å². The summed E-state index contributed by atoms with van der Waals surface area (Å²) in [5.41, 5.74) is 0.884. The van der Waals surface area contributed by atoms with Crippen molar-refractivity contribution in [2.24, 2.45) is 0 Å². The highest BCUT2D eigenvalue weighted by Crippen LogP contribution is 2.40. The fourth-order valence-corrected chi connectivity index (χ4v) is 4.90.